The number of piperidine rings is 1. The van der Waals surface area contributed by atoms with Gasteiger partial charge in [0.25, 0.3) is 11.8 Å². The molecule has 3 N–H and O–H groups in total. The number of nitrogens with zero attached hydrogens (tertiary/aromatic N) is 1. The molecule has 1 aliphatic rings. The molecule has 6 heteroatoms. The fourth-order valence-electron chi connectivity index (χ4n) is 3.14. The van der Waals surface area contributed by atoms with Crippen LogP contribution in [0.3, 0.4) is 0 Å². The first-order valence-electron chi connectivity index (χ1n) is 8.54. The van der Waals surface area contributed by atoms with Gasteiger partial charge < -0.3 is 20.4 Å². The first-order valence-corrected chi connectivity index (χ1v) is 8.54. The van der Waals surface area contributed by atoms with Crippen molar-refractivity contribution in [3.8, 4) is 0 Å². The molecule has 132 valence electrons. The van der Waals surface area contributed by atoms with Crippen LogP contribution in [-0.2, 0) is 0 Å². The van der Waals surface area contributed by atoms with Crippen LogP contribution in [0.2, 0.25) is 0 Å². The number of carbonyl (C=O) groups is 2. The molecule has 1 saturated heterocycles. The van der Waals surface area contributed by atoms with E-state index in [0.29, 0.717) is 30.3 Å². The minimum Gasteiger partial charge on any atom is -0.459 e. The zero-order valence-electron chi connectivity index (χ0n) is 14.3. The van der Waals surface area contributed by atoms with Crippen LogP contribution < -0.4 is 11.1 Å². The van der Waals surface area contributed by atoms with Crippen molar-refractivity contribution in [2.45, 2.75) is 25.8 Å². The molecule has 0 spiro atoms. The first-order chi connectivity index (χ1) is 12.0. The van der Waals surface area contributed by atoms with Crippen LogP contribution in [0.25, 0.3) is 0 Å². The van der Waals surface area contributed by atoms with E-state index >= 15 is 0 Å². The molecule has 2 heterocycles. The predicted octanol–water partition coefficient (Wildman–Crippen LogP) is 2.73. The van der Waals surface area contributed by atoms with Gasteiger partial charge in [0.05, 0.1) is 6.26 Å². The fourth-order valence-corrected chi connectivity index (χ4v) is 3.14. The van der Waals surface area contributed by atoms with Gasteiger partial charge in [-0.2, -0.15) is 0 Å². The molecule has 0 saturated carbocycles. The van der Waals surface area contributed by atoms with Gasteiger partial charge in [-0.05, 0) is 56.0 Å². The highest BCUT2D eigenvalue weighted by Crippen LogP contribution is 2.22. The molecule has 1 aromatic carbocycles. The molecule has 3 rings (SSSR count). The van der Waals surface area contributed by atoms with Gasteiger partial charge >= 0.3 is 0 Å². The molecule has 1 unspecified atom stereocenters. The lowest BCUT2D eigenvalue weighted by Gasteiger charge is -2.33. The van der Waals surface area contributed by atoms with E-state index in [-0.39, 0.29) is 23.6 Å². The summed E-state index contributed by atoms with van der Waals surface area (Å²) >= 11 is 0. The van der Waals surface area contributed by atoms with Crippen LogP contribution in [0.4, 0.5) is 5.69 Å². The van der Waals surface area contributed by atoms with E-state index in [1.165, 1.54) is 6.26 Å². The van der Waals surface area contributed by atoms with E-state index < -0.39 is 0 Å². The second kappa shape index (κ2) is 7.53. The Labute approximate surface area is 147 Å². The highest BCUT2D eigenvalue weighted by molar-refractivity contribution is 6.03. The second-order valence-electron chi connectivity index (χ2n) is 6.50. The Morgan fingerprint density at radius 1 is 1.24 bits per heavy atom. The molecule has 1 fully saturated rings. The summed E-state index contributed by atoms with van der Waals surface area (Å²) in [5.74, 6) is 0.349. The van der Waals surface area contributed by atoms with Crippen LogP contribution in [0.15, 0.2) is 47.1 Å². The maximum Gasteiger partial charge on any atom is 0.291 e. The van der Waals surface area contributed by atoms with Gasteiger partial charge in [0, 0.05) is 30.4 Å². The molecule has 25 heavy (non-hydrogen) atoms. The number of furan rings is 1. The lowest BCUT2D eigenvalue weighted by molar-refractivity contribution is 0.0681. The van der Waals surface area contributed by atoms with Crippen LogP contribution >= 0.6 is 0 Å². The summed E-state index contributed by atoms with van der Waals surface area (Å²) in [6.07, 6.45) is 3.30. The van der Waals surface area contributed by atoms with Gasteiger partial charge in [-0.3, -0.25) is 9.59 Å². The lowest BCUT2D eigenvalue weighted by Crippen LogP contribution is -2.42. The van der Waals surface area contributed by atoms with Crippen molar-refractivity contribution in [1.29, 1.82) is 0 Å². The third kappa shape index (κ3) is 4.09. The van der Waals surface area contributed by atoms with Crippen LogP contribution in [0.1, 0.15) is 40.7 Å². The Morgan fingerprint density at radius 3 is 2.64 bits per heavy atom. The molecule has 0 bridgehead atoms. The summed E-state index contributed by atoms with van der Waals surface area (Å²) in [5, 5.41) is 2.74. The lowest BCUT2D eigenvalue weighted by atomic mass is 9.90. The summed E-state index contributed by atoms with van der Waals surface area (Å²) in [6, 6.07) is 10.4. The van der Waals surface area contributed by atoms with Crippen LogP contribution in [0, 0.1) is 5.92 Å². The Bertz CT molecular complexity index is 732. The van der Waals surface area contributed by atoms with E-state index in [0.717, 1.165) is 12.8 Å². The van der Waals surface area contributed by atoms with E-state index in [4.69, 9.17) is 10.2 Å². The van der Waals surface area contributed by atoms with Crippen molar-refractivity contribution < 1.29 is 14.0 Å². The standard InChI is InChI=1S/C19H23N3O3/c1-13(20)14-7-9-22(10-8-14)19(24)15-4-2-5-16(12-15)21-18(23)17-6-3-11-25-17/h2-6,11-14H,7-10,20H2,1H3,(H,21,23). The number of nitrogens with two attached hydrogens (primary N) is 1. The number of benzene rings is 1. The van der Waals surface area contributed by atoms with Crippen molar-refractivity contribution in [2.75, 3.05) is 18.4 Å². The smallest absolute Gasteiger partial charge is 0.291 e. The Kier molecular flexibility index (Phi) is 5.19. The van der Waals surface area contributed by atoms with Crippen LogP contribution in [0.5, 0.6) is 0 Å². The minimum absolute atomic E-state index is 0.0165. The van der Waals surface area contributed by atoms with Gasteiger partial charge in [0.2, 0.25) is 0 Å². The summed E-state index contributed by atoms with van der Waals surface area (Å²) in [5.41, 5.74) is 7.09. The number of carbonyl (C=O) groups excluding carboxylic acids is 2. The Morgan fingerprint density at radius 2 is 2.00 bits per heavy atom. The van der Waals surface area contributed by atoms with Gasteiger partial charge in [-0.15, -0.1) is 0 Å². The molecule has 1 aromatic heterocycles. The zero-order valence-corrected chi connectivity index (χ0v) is 14.3. The van der Waals surface area contributed by atoms with E-state index in [9.17, 15) is 9.59 Å². The molecule has 0 aliphatic carbocycles. The molecule has 2 amide bonds. The largest absolute Gasteiger partial charge is 0.459 e. The maximum atomic E-state index is 12.7. The fraction of sp³-hybridized carbons (Fsp3) is 0.368. The Balaban J connectivity index is 1.65. The molecule has 0 radical (unpaired) electrons. The third-order valence-corrected chi connectivity index (χ3v) is 4.68. The van der Waals surface area contributed by atoms with Gasteiger partial charge in [-0.1, -0.05) is 6.07 Å². The maximum absolute atomic E-state index is 12.7. The monoisotopic (exact) mass is 341 g/mol. The summed E-state index contributed by atoms with van der Waals surface area (Å²) in [7, 11) is 0. The van der Waals surface area contributed by atoms with Gasteiger partial charge in [0.15, 0.2) is 5.76 Å². The van der Waals surface area contributed by atoms with Crippen molar-refractivity contribution in [1.82, 2.24) is 4.90 Å². The third-order valence-electron chi connectivity index (χ3n) is 4.68. The number of hydrogen-bond donors (Lipinski definition) is 2. The second-order valence-corrected chi connectivity index (χ2v) is 6.50. The van der Waals surface area contributed by atoms with Crippen LogP contribution in [-0.4, -0.2) is 35.8 Å². The summed E-state index contributed by atoms with van der Waals surface area (Å²) in [4.78, 5) is 26.6. The van der Waals surface area contributed by atoms with E-state index in [1.54, 1.807) is 36.4 Å². The number of rotatable bonds is 4. The average Bonchev–Trinajstić information content (AvgIpc) is 3.16. The van der Waals surface area contributed by atoms with E-state index in [2.05, 4.69) is 5.32 Å². The number of likely N-dealkylation sites (tertiary alicyclic amines) is 1. The molecular formula is C19H23N3O3. The van der Waals surface area contributed by atoms with Crippen molar-refractivity contribution in [3.05, 3.63) is 54.0 Å². The highest BCUT2D eigenvalue weighted by atomic mass is 16.3. The van der Waals surface area contributed by atoms with E-state index in [1.807, 2.05) is 11.8 Å². The molecular weight excluding hydrogens is 318 g/mol. The quantitative estimate of drug-likeness (QED) is 0.895. The zero-order chi connectivity index (χ0) is 17.8. The highest BCUT2D eigenvalue weighted by Gasteiger charge is 2.25. The molecule has 1 atom stereocenters. The molecule has 1 aliphatic heterocycles. The molecule has 2 aromatic rings. The first kappa shape index (κ1) is 17.2. The van der Waals surface area contributed by atoms with Crippen molar-refractivity contribution >= 4 is 17.5 Å². The number of nitrogens with one attached hydrogen (secondary N) is 1. The van der Waals surface area contributed by atoms with Crippen molar-refractivity contribution in [3.63, 3.8) is 0 Å². The minimum atomic E-state index is -0.340. The summed E-state index contributed by atoms with van der Waals surface area (Å²) < 4.78 is 5.07. The van der Waals surface area contributed by atoms with Crippen molar-refractivity contribution in [2.24, 2.45) is 11.7 Å². The summed E-state index contributed by atoms with van der Waals surface area (Å²) in [6.45, 7) is 3.45. The van der Waals surface area contributed by atoms with Gasteiger partial charge in [-0.25, -0.2) is 0 Å². The predicted molar refractivity (Wildman–Crippen MR) is 95.4 cm³/mol. The average molecular weight is 341 g/mol. The number of anilines is 1. The number of hydrogen-bond acceptors (Lipinski definition) is 4. The molecule has 6 nitrogen and oxygen atoms in total. The SMILES string of the molecule is CC(N)C1CCN(C(=O)c2cccc(NC(=O)c3ccco3)c2)CC1. The normalized spacial score (nSPS) is 16.5. The number of amides is 2. The topological polar surface area (TPSA) is 88.6 Å². The Hall–Kier alpha value is -2.60. The van der Waals surface area contributed by atoms with Gasteiger partial charge in [0.1, 0.15) is 0 Å².